The molecule has 0 aliphatic carbocycles. The van der Waals surface area contributed by atoms with Gasteiger partial charge in [0.1, 0.15) is 5.82 Å². The van der Waals surface area contributed by atoms with E-state index in [9.17, 15) is 22.4 Å². The van der Waals surface area contributed by atoms with Crippen molar-refractivity contribution in [1.82, 2.24) is 0 Å². The molecule has 1 unspecified atom stereocenters. The molecule has 0 saturated heterocycles. The maximum absolute atomic E-state index is 12.9. The Hall–Kier alpha value is -1.83. The van der Waals surface area contributed by atoms with Crippen LogP contribution >= 0.6 is 0 Å². The van der Waals surface area contributed by atoms with Crippen LogP contribution in [-0.2, 0) is 11.0 Å². The zero-order chi connectivity index (χ0) is 13.4. The minimum Gasteiger partial charge on any atom is -0.479 e. The molecule has 0 saturated carbocycles. The van der Waals surface area contributed by atoms with Gasteiger partial charge in [-0.1, -0.05) is 0 Å². The van der Waals surface area contributed by atoms with E-state index < -0.39 is 40.9 Å². The fourth-order valence-electron chi connectivity index (χ4n) is 1.33. The monoisotopic (exact) mass is 253 g/mol. The molecular formula is C9H7F4NO3. The highest BCUT2D eigenvalue weighted by molar-refractivity contribution is 5.76. The number of hydrogen-bond acceptors (Lipinski definition) is 3. The second-order valence-electron chi connectivity index (χ2n) is 3.20. The molecule has 4 N–H and O–H groups in total. The van der Waals surface area contributed by atoms with Crippen molar-refractivity contribution in [1.29, 1.82) is 0 Å². The summed E-state index contributed by atoms with van der Waals surface area (Å²) in [4.78, 5) is 10.4. The molecule has 0 aromatic heterocycles. The van der Waals surface area contributed by atoms with Crippen molar-refractivity contribution in [2.24, 2.45) is 0 Å². The summed E-state index contributed by atoms with van der Waals surface area (Å²) >= 11 is 0. The summed E-state index contributed by atoms with van der Waals surface area (Å²) in [6, 6.07) is 0.693. The first-order valence-electron chi connectivity index (χ1n) is 4.21. The van der Waals surface area contributed by atoms with Crippen LogP contribution < -0.4 is 5.73 Å². The van der Waals surface area contributed by atoms with E-state index in [2.05, 4.69) is 0 Å². The van der Waals surface area contributed by atoms with E-state index in [1.165, 1.54) is 0 Å². The fourth-order valence-corrected chi connectivity index (χ4v) is 1.33. The Labute approximate surface area is 92.3 Å². The van der Waals surface area contributed by atoms with Crippen molar-refractivity contribution in [3.63, 3.8) is 0 Å². The average molecular weight is 253 g/mol. The third-order valence-electron chi connectivity index (χ3n) is 1.98. The quantitative estimate of drug-likeness (QED) is 0.551. The van der Waals surface area contributed by atoms with Crippen molar-refractivity contribution in [2.75, 3.05) is 5.73 Å². The van der Waals surface area contributed by atoms with Crippen molar-refractivity contribution in [3.05, 3.63) is 29.1 Å². The fraction of sp³-hybridized carbons (Fsp3) is 0.222. The summed E-state index contributed by atoms with van der Waals surface area (Å²) < 4.78 is 50.5. The van der Waals surface area contributed by atoms with E-state index in [1.54, 1.807) is 0 Å². The molecule has 1 aromatic carbocycles. The lowest BCUT2D eigenvalue weighted by Gasteiger charge is -2.17. The molecule has 0 fully saturated rings. The zero-order valence-corrected chi connectivity index (χ0v) is 8.12. The van der Waals surface area contributed by atoms with Crippen molar-refractivity contribution >= 4 is 11.7 Å². The van der Waals surface area contributed by atoms with E-state index >= 15 is 0 Å². The first-order chi connectivity index (χ1) is 7.64. The Morgan fingerprint density at radius 1 is 1.35 bits per heavy atom. The Kier molecular flexibility index (Phi) is 3.28. The topological polar surface area (TPSA) is 83.5 Å². The molecule has 4 nitrogen and oxygen atoms in total. The number of alkyl halides is 3. The van der Waals surface area contributed by atoms with Crippen LogP contribution in [-0.4, -0.2) is 16.2 Å². The third-order valence-corrected chi connectivity index (χ3v) is 1.98. The number of nitrogens with two attached hydrogens (primary N) is 1. The molecule has 1 rings (SSSR count). The van der Waals surface area contributed by atoms with Gasteiger partial charge in [0.15, 0.2) is 6.10 Å². The molecule has 1 aromatic rings. The molecule has 0 aliphatic heterocycles. The number of nitrogen functional groups attached to an aromatic ring is 1. The number of anilines is 1. The smallest absolute Gasteiger partial charge is 0.418 e. The van der Waals surface area contributed by atoms with Gasteiger partial charge in [-0.3, -0.25) is 0 Å². The van der Waals surface area contributed by atoms with Gasteiger partial charge in [-0.15, -0.1) is 0 Å². The minimum absolute atomic E-state index is 0.290. The van der Waals surface area contributed by atoms with E-state index in [4.69, 9.17) is 15.9 Å². The van der Waals surface area contributed by atoms with Gasteiger partial charge in [0.2, 0.25) is 0 Å². The lowest BCUT2D eigenvalue weighted by molar-refractivity contribution is -0.149. The van der Waals surface area contributed by atoms with Gasteiger partial charge in [-0.2, -0.15) is 13.2 Å². The zero-order valence-electron chi connectivity index (χ0n) is 8.12. The van der Waals surface area contributed by atoms with Crippen molar-refractivity contribution in [3.8, 4) is 0 Å². The average Bonchev–Trinajstić information content (AvgIpc) is 2.12. The number of aliphatic hydroxyl groups is 1. The van der Waals surface area contributed by atoms with Gasteiger partial charge < -0.3 is 15.9 Å². The number of hydrogen-bond donors (Lipinski definition) is 3. The largest absolute Gasteiger partial charge is 0.479 e. The molecule has 0 aliphatic rings. The number of rotatable bonds is 2. The molecule has 0 spiro atoms. The van der Waals surface area contributed by atoms with Crippen LogP contribution in [0.3, 0.4) is 0 Å². The van der Waals surface area contributed by atoms with Crippen LogP contribution in [0.5, 0.6) is 0 Å². The minimum atomic E-state index is -4.98. The second kappa shape index (κ2) is 4.21. The summed E-state index contributed by atoms with van der Waals surface area (Å²) in [5, 5.41) is 17.5. The van der Waals surface area contributed by atoms with Crippen LogP contribution in [0.2, 0.25) is 0 Å². The predicted octanol–water partition coefficient (Wildman–Crippen LogP) is 1.54. The normalized spacial score (nSPS) is 13.5. The van der Waals surface area contributed by atoms with Gasteiger partial charge in [0.25, 0.3) is 0 Å². The predicted molar refractivity (Wildman–Crippen MR) is 48.4 cm³/mol. The molecule has 94 valence electrons. The molecule has 0 amide bonds. The number of carboxylic acids is 1. The maximum atomic E-state index is 12.9. The van der Waals surface area contributed by atoms with Crippen LogP contribution in [0, 0.1) is 5.82 Å². The number of halogens is 4. The highest BCUT2D eigenvalue weighted by atomic mass is 19.4. The van der Waals surface area contributed by atoms with Crippen molar-refractivity contribution < 1.29 is 32.6 Å². The summed E-state index contributed by atoms with van der Waals surface area (Å²) in [6.45, 7) is 0. The lowest BCUT2D eigenvalue weighted by atomic mass is 10.00. The molecule has 8 heteroatoms. The lowest BCUT2D eigenvalue weighted by Crippen LogP contribution is -2.19. The Morgan fingerprint density at radius 2 is 1.88 bits per heavy atom. The summed E-state index contributed by atoms with van der Waals surface area (Å²) in [6.07, 6.45) is -7.48. The Morgan fingerprint density at radius 3 is 2.29 bits per heavy atom. The van der Waals surface area contributed by atoms with Crippen LogP contribution in [0.15, 0.2) is 12.1 Å². The van der Waals surface area contributed by atoms with Gasteiger partial charge in [0.05, 0.1) is 5.56 Å². The van der Waals surface area contributed by atoms with E-state index in [1.807, 2.05) is 0 Å². The molecule has 17 heavy (non-hydrogen) atoms. The van der Waals surface area contributed by atoms with Gasteiger partial charge >= 0.3 is 12.1 Å². The van der Waals surface area contributed by atoms with Crippen LogP contribution in [0.1, 0.15) is 17.2 Å². The van der Waals surface area contributed by atoms with Gasteiger partial charge in [-0.25, -0.2) is 9.18 Å². The SMILES string of the molecule is Nc1cc(F)cc(C(O)C(=O)O)c1C(F)(F)F. The highest BCUT2D eigenvalue weighted by Gasteiger charge is 2.39. The first kappa shape index (κ1) is 13.2. The number of aliphatic carboxylic acids is 1. The van der Waals surface area contributed by atoms with Crippen LogP contribution in [0.4, 0.5) is 23.2 Å². The first-order valence-corrected chi connectivity index (χ1v) is 4.21. The second-order valence-corrected chi connectivity index (χ2v) is 3.20. The number of benzene rings is 1. The van der Waals surface area contributed by atoms with Gasteiger partial charge in [-0.05, 0) is 12.1 Å². The number of carbonyl (C=O) groups is 1. The molecular weight excluding hydrogens is 246 g/mol. The Bertz CT molecular complexity index is 458. The number of carboxylic acid groups (broad SMARTS) is 1. The number of aliphatic hydroxyl groups excluding tert-OH is 1. The van der Waals surface area contributed by atoms with E-state index in [-0.39, 0.29) is 6.07 Å². The molecule has 1 atom stereocenters. The molecule has 0 radical (unpaired) electrons. The molecule has 0 heterocycles. The standard InChI is InChI=1S/C9H7F4NO3/c10-3-1-4(7(15)8(16)17)6(5(14)2-3)9(11,12)13/h1-2,7,15H,14H2,(H,16,17). The van der Waals surface area contributed by atoms with Crippen LogP contribution in [0.25, 0.3) is 0 Å². The molecule has 0 bridgehead atoms. The summed E-state index contributed by atoms with van der Waals surface area (Å²) in [5.41, 5.74) is 1.33. The highest BCUT2D eigenvalue weighted by Crippen LogP contribution is 2.39. The van der Waals surface area contributed by atoms with E-state index in [0.717, 1.165) is 0 Å². The van der Waals surface area contributed by atoms with Gasteiger partial charge in [0, 0.05) is 11.3 Å². The Balaban J connectivity index is 3.52. The maximum Gasteiger partial charge on any atom is 0.418 e. The van der Waals surface area contributed by atoms with E-state index in [0.29, 0.717) is 6.07 Å². The summed E-state index contributed by atoms with van der Waals surface area (Å²) in [7, 11) is 0. The third kappa shape index (κ3) is 2.64. The summed E-state index contributed by atoms with van der Waals surface area (Å²) in [5.74, 6) is -3.09. The van der Waals surface area contributed by atoms with Crippen molar-refractivity contribution in [2.45, 2.75) is 12.3 Å².